The molecule has 0 bridgehead atoms. The molecule has 1 aliphatic rings. The second-order valence-corrected chi connectivity index (χ2v) is 4.65. The van der Waals surface area contributed by atoms with E-state index in [4.69, 9.17) is 0 Å². The molecule has 18 heavy (non-hydrogen) atoms. The number of aromatic amines is 1. The van der Waals surface area contributed by atoms with Crippen molar-refractivity contribution in [3.8, 4) is 0 Å². The van der Waals surface area contributed by atoms with Crippen LogP contribution in [0.1, 0.15) is 18.4 Å². The van der Waals surface area contributed by atoms with Crippen LogP contribution in [0.25, 0.3) is 10.9 Å². The molecule has 1 aromatic heterocycles. The lowest BCUT2D eigenvalue weighted by atomic mass is 9.96. The van der Waals surface area contributed by atoms with Gasteiger partial charge >= 0.3 is 0 Å². The van der Waals surface area contributed by atoms with Crippen molar-refractivity contribution in [3.63, 3.8) is 0 Å². The number of piperidine rings is 1. The number of ketones is 1. The molecule has 4 nitrogen and oxygen atoms in total. The lowest BCUT2D eigenvalue weighted by Gasteiger charge is -2.21. The Morgan fingerprint density at radius 1 is 1.17 bits per heavy atom. The van der Waals surface area contributed by atoms with Gasteiger partial charge in [0.15, 0.2) is 5.78 Å². The van der Waals surface area contributed by atoms with Gasteiger partial charge in [0.25, 0.3) is 0 Å². The van der Waals surface area contributed by atoms with Crippen molar-refractivity contribution in [2.75, 3.05) is 0 Å². The number of hydrogen-bond donors (Lipinski definition) is 2. The summed E-state index contributed by atoms with van der Waals surface area (Å²) < 4.78 is 0. The summed E-state index contributed by atoms with van der Waals surface area (Å²) in [4.78, 5) is 26.3. The predicted molar refractivity (Wildman–Crippen MR) is 68.2 cm³/mol. The monoisotopic (exact) mass is 242 g/mol. The molecule has 0 spiro atoms. The highest BCUT2D eigenvalue weighted by Crippen LogP contribution is 2.20. The van der Waals surface area contributed by atoms with E-state index < -0.39 is 0 Å². The summed E-state index contributed by atoms with van der Waals surface area (Å²) in [5, 5.41) is 3.88. The number of aromatic nitrogens is 1. The first kappa shape index (κ1) is 11.0. The van der Waals surface area contributed by atoms with E-state index in [1.165, 1.54) is 0 Å². The molecule has 1 aliphatic heterocycles. The number of Topliss-reactive ketones (excluding diaryl/α,β-unsaturated/α-hetero) is 1. The molecule has 1 amide bonds. The molecule has 2 aromatic rings. The van der Waals surface area contributed by atoms with Gasteiger partial charge in [-0.15, -0.1) is 0 Å². The lowest BCUT2D eigenvalue weighted by molar-refractivity contribution is -0.132. The van der Waals surface area contributed by atoms with Crippen LogP contribution in [0.15, 0.2) is 30.5 Å². The molecule has 0 saturated carbocycles. The number of nitrogens with one attached hydrogen (secondary N) is 2. The van der Waals surface area contributed by atoms with Crippen molar-refractivity contribution < 1.29 is 9.59 Å². The van der Waals surface area contributed by atoms with Crippen LogP contribution in [-0.2, 0) is 16.0 Å². The van der Waals surface area contributed by atoms with Crippen LogP contribution in [0, 0.1) is 0 Å². The maximum Gasteiger partial charge on any atom is 0.221 e. The van der Waals surface area contributed by atoms with Crippen LogP contribution in [-0.4, -0.2) is 22.7 Å². The average molecular weight is 242 g/mol. The maximum absolute atomic E-state index is 11.8. The third-order valence-electron chi connectivity index (χ3n) is 3.42. The second-order valence-electron chi connectivity index (χ2n) is 4.65. The third kappa shape index (κ3) is 1.90. The molecule has 1 aromatic carbocycles. The van der Waals surface area contributed by atoms with Gasteiger partial charge in [-0.1, -0.05) is 18.2 Å². The smallest absolute Gasteiger partial charge is 0.221 e. The third-order valence-corrected chi connectivity index (χ3v) is 3.42. The second kappa shape index (κ2) is 4.29. The van der Waals surface area contributed by atoms with Gasteiger partial charge in [0, 0.05) is 36.4 Å². The van der Waals surface area contributed by atoms with Crippen LogP contribution >= 0.6 is 0 Å². The van der Waals surface area contributed by atoms with Crippen molar-refractivity contribution >= 4 is 22.6 Å². The lowest BCUT2D eigenvalue weighted by Crippen LogP contribution is -2.46. The Kier molecular flexibility index (Phi) is 2.63. The van der Waals surface area contributed by atoms with Crippen LogP contribution < -0.4 is 5.32 Å². The minimum atomic E-state index is -0.370. The van der Waals surface area contributed by atoms with Gasteiger partial charge in [-0.2, -0.15) is 0 Å². The number of amides is 1. The van der Waals surface area contributed by atoms with E-state index in [0.29, 0.717) is 19.3 Å². The Balaban J connectivity index is 1.87. The number of carbonyl (C=O) groups is 2. The van der Waals surface area contributed by atoms with E-state index in [9.17, 15) is 9.59 Å². The number of carbonyl (C=O) groups excluding carboxylic acids is 2. The Hall–Kier alpha value is -2.10. The van der Waals surface area contributed by atoms with Crippen LogP contribution in [0.5, 0.6) is 0 Å². The first-order valence-corrected chi connectivity index (χ1v) is 6.11. The first-order valence-electron chi connectivity index (χ1n) is 6.11. The summed E-state index contributed by atoms with van der Waals surface area (Å²) in [5.74, 6) is 0.0966. The Morgan fingerprint density at radius 2 is 2.00 bits per heavy atom. The number of fused-ring (bicyclic) bond motifs is 1. The minimum Gasteiger partial charge on any atom is -0.361 e. The molecule has 2 N–H and O–H groups in total. The Labute approximate surface area is 104 Å². The van der Waals surface area contributed by atoms with Gasteiger partial charge in [-0.05, 0) is 11.6 Å². The van der Waals surface area contributed by atoms with E-state index in [-0.39, 0.29) is 17.7 Å². The fraction of sp³-hybridized carbons (Fsp3) is 0.286. The maximum atomic E-state index is 11.8. The molecule has 3 rings (SSSR count). The van der Waals surface area contributed by atoms with Gasteiger partial charge in [0.2, 0.25) is 5.91 Å². The molecule has 1 fully saturated rings. The van der Waals surface area contributed by atoms with Gasteiger partial charge in [-0.25, -0.2) is 0 Å². The minimum absolute atomic E-state index is 0.0283. The largest absolute Gasteiger partial charge is 0.361 e. The zero-order chi connectivity index (χ0) is 12.5. The quantitative estimate of drug-likeness (QED) is 0.839. The summed E-state index contributed by atoms with van der Waals surface area (Å²) in [6, 6.07) is 7.60. The van der Waals surface area contributed by atoms with E-state index in [1.807, 2.05) is 30.5 Å². The fourth-order valence-corrected chi connectivity index (χ4v) is 2.44. The van der Waals surface area contributed by atoms with Gasteiger partial charge in [0.05, 0.1) is 6.04 Å². The van der Waals surface area contributed by atoms with E-state index in [1.54, 1.807) is 0 Å². The van der Waals surface area contributed by atoms with Gasteiger partial charge in [-0.3, -0.25) is 9.59 Å². The van der Waals surface area contributed by atoms with E-state index in [2.05, 4.69) is 10.3 Å². The van der Waals surface area contributed by atoms with Crippen molar-refractivity contribution in [2.45, 2.75) is 25.3 Å². The predicted octanol–water partition coefficient (Wildman–Crippen LogP) is 1.56. The summed E-state index contributed by atoms with van der Waals surface area (Å²) in [6.07, 6.45) is 3.16. The SMILES string of the molecule is O=C1CCC(=O)[C@H](Cc2c[nH]c3ccccc23)N1. The molecular formula is C14H14N2O2. The zero-order valence-electron chi connectivity index (χ0n) is 9.90. The molecule has 0 radical (unpaired) electrons. The summed E-state index contributed by atoms with van der Waals surface area (Å²) in [7, 11) is 0. The number of para-hydroxylation sites is 1. The van der Waals surface area contributed by atoms with Crippen molar-refractivity contribution in [1.29, 1.82) is 0 Å². The van der Waals surface area contributed by atoms with Crippen LogP contribution in [0.2, 0.25) is 0 Å². The highest BCUT2D eigenvalue weighted by Gasteiger charge is 2.26. The molecule has 2 heterocycles. The fourth-order valence-electron chi connectivity index (χ4n) is 2.44. The normalized spacial score (nSPS) is 20.1. The molecule has 0 aliphatic carbocycles. The topological polar surface area (TPSA) is 62.0 Å². The molecule has 4 heteroatoms. The number of rotatable bonds is 2. The highest BCUT2D eigenvalue weighted by molar-refractivity contribution is 5.96. The highest BCUT2D eigenvalue weighted by atomic mass is 16.2. The van der Waals surface area contributed by atoms with Crippen LogP contribution in [0.4, 0.5) is 0 Å². The molecular weight excluding hydrogens is 228 g/mol. The molecule has 92 valence electrons. The molecule has 1 saturated heterocycles. The van der Waals surface area contributed by atoms with E-state index in [0.717, 1.165) is 16.5 Å². The van der Waals surface area contributed by atoms with Gasteiger partial charge in [0.1, 0.15) is 0 Å². The summed E-state index contributed by atoms with van der Waals surface area (Å²) in [5.41, 5.74) is 2.13. The van der Waals surface area contributed by atoms with Crippen molar-refractivity contribution in [3.05, 3.63) is 36.0 Å². The molecule has 0 unspecified atom stereocenters. The van der Waals surface area contributed by atoms with E-state index >= 15 is 0 Å². The van der Waals surface area contributed by atoms with Crippen molar-refractivity contribution in [1.82, 2.24) is 10.3 Å². The Bertz CT molecular complexity index is 615. The number of benzene rings is 1. The summed E-state index contributed by atoms with van der Waals surface area (Å²) in [6.45, 7) is 0. The Morgan fingerprint density at radius 3 is 2.89 bits per heavy atom. The standard InChI is InChI=1S/C14H14N2O2/c17-13-5-6-14(18)16-12(13)7-9-8-15-11-4-2-1-3-10(9)11/h1-4,8,12,15H,5-7H2,(H,16,18)/t12-/m0/s1. The number of hydrogen-bond acceptors (Lipinski definition) is 2. The van der Waals surface area contributed by atoms with Crippen molar-refractivity contribution in [2.24, 2.45) is 0 Å². The first-order chi connectivity index (χ1) is 8.74. The number of H-pyrrole nitrogens is 1. The molecule has 1 atom stereocenters. The van der Waals surface area contributed by atoms with Gasteiger partial charge < -0.3 is 10.3 Å². The zero-order valence-corrected chi connectivity index (χ0v) is 9.90. The average Bonchev–Trinajstić information content (AvgIpc) is 2.78. The van der Waals surface area contributed by atoms with Crippen LogP contribution in [0.3, 0.4) is 0 Å². The summed E-state index contributed by atoms with van der Waals surface area (Å²) >= 11 is 0.